The molecule has 1 heterocycles. The molecule has 26 heavy (non-hydrogen) atoms. The van der Waals surface area contributed by atoms with Crippen molar-refractivity contribution in [3.8, 4) is 11.5 Å². The van der Waals surface area contributed by atoms with Gasteiger partial charge in [-0.2, -0.15) is 0 Å². The summed E-state index contributed by atoms with van der Waals surface area (Å²) in [5, 5.41) is 10.9. The molecule has 1 N–H and O–H groups in total. The molecule has 0 saturated carbocycles. The Labute approximate surface area is 168 Å². The number of amides is 1. The van der Waals surface area contributed by atoms with Crippen LogP contribution in [0.2, 0.25) is 5.02 Å². The third kappa shape index (κ3) is 3.90. The number of thioether (sulfide) groups is 1. The predicted octanol–water partition coefficient (Wildman–Crippen LogP) is 5.05. The Balaban J connectivity index is 1.92. The van der Waals surface area contributed by atoms with Crippen LogP contribution in [0.5, 0.6) is 11.5 Å². The van der Waals surface area contributed by atoms with Gasteiger partial charge >= 0.3 is 0 Å². The molecule has 1 saturated heterocycles. The molecule has 1 aliphatic rings. The average molecular weight is 454 g/mol. The van der Waals surface area contributed by atoms with Gasteiger partial charge in [0.2, 0.25) is 0 Å². The number of halogens is 2. The molecular weight excluding hydrogens is 440 g/mol. The quantitative estimate of drug-likeness (QED) is 0.661. The molecule has 134 valence electrons. The van der Waals surface area contributed by atoms with Crippen LogP contribution in [0, 0.1) is 0 Å². The topological polar surface area (TPSA) is 62.1 Å². The fraction of sp³-hybridized carbons (Fsp3) is 0.111. The Morgan fingerprint density at radius 1 is 1.31 bits per heavy atom. The number of carbonyl (C=O) groups excluding carboxylic acids is 1. The van der Waals surface area contributed by atoms with E-state index in [-0.39, 0.29) is 16.7 Å². The highest BCUT2D eigenvalue weighted by Crippen LogP contribution is 2.37. The van der Waals surface area contributed by atoms with E-state index in [0.29, 0.717) is 25.8 Å². The van der Waals surface area contributed by atoms with Crippen molar-refractivity contribution in [2.75, 3.05) is 14.2 Å². The lowest BCUT2D eigenvalue weighted by Crippen LogP contribution is -2.23. The SMILES string of the molecule is COc1ccc(N=C2S/C(=C/c3cc(Br)cc(Cl)c3O)C(=O)N2C)cc1. The average Bonchev–Trinajstić information content (AvgIpc) is 2.88. The van der Waals surface area contributed by atoms with E-state index in [1.165, 1.54) is 16.7 Å². The number of amidine groups is 1. The number of aliphatic imine (C=N–C) groups is 1. The molecule has 2 aromatic rings. The highest BCUT2D eigenvalue weighted by Gasteiger charge is 2.30. The van der Waals surface area contributed by atoms with Crippen LogP contribution in [0.1, 0.15) is 5.56 Å². The maximum atomic E-state index is 12.5. The molecular formula is C18H14BrClN2O3S. The molecule has 0 atom stereocenters. The first-order valence-electron chi connectivity index (χ1n) is 7.47. The zero-order valence-electron chi connectivity index (χ0n) is 13.9. The minimum absolute atomic E-state index is 0.0704. The lowest BCUT2D eigenvalue weighted by Gasteiger charge is -2.07. The third-order valence-corrected chi connectivity index (χ3v) is 5.45. The standard InChI is InChI=1S/C18H14BrClN2O3S/c1-22-17(24)15(8-10-7-11(19)9-14(20)16(10)23)26-18(22)21-12-3-5-13(25-2)6-4-12/h3-9,23H,1-2H3/b15-8+,21-18?. The van der Waals surface area contributed by atoms with E-state index in [1.807, 2.05) is 12.1 Å². The maximum Gasteiger partial charge on any atom is 0.266 e. The summed E-state index contributed by atoms with van der Waals surface area (Å²) < 4.78 is 5.84. The number of benzene rings is 2. The first kappa shape index (κ1) is 18.8. The van der Waals surface area contributed by atoms with Crippen LogP contribution in [0.15, 0.2) is 50.8 Å². The Kier molecular flexibility index (Phi) is 5.60. The molecule has 0 aromatic heterocycles. The van der Waals surface area contributed by atoms with Crippen LogP contribution in [0.4, 0.5) is 5.69 Å². The lowest BCUT2D eigenvalue weighted by molar-refractivity contribution is -0.121. The molecule has 0 radical (unpaired) electrons. The summed E-state index contributed by atoms with van der Waals surface area (Å²) in [6, 6.07) is 10.5. The molecule has 1 fully saturated rings. The number of phenols is 1. The van der Waals surface area contributed by atoms with E-state index in [1.54, 1.807) is 44.5 Å². The number of methoxy groups -OCH3 is 1. The smallest absolute Gasteiger partial charge is 0.266 e. The number of likely N-dealkylation sites (N-methyl/N-ethyl adjacent to an activating group) is 1. The Morgan fingerprint density at radius 3 is 2.65 bits per heavy atom. The first-order chi connectivity index (χ1) is 12.4. The molecule has 1 aliphatic heterocycles. The second-order valence-electron chi connectivity index (χ2n) is 5.39. The van der Waals surface area contributed by atoms with Crippen molar-refractivity contribution in [2.45, 2.75) is 0 Å². The molecule has 2 aromatic carbocycles. The van der Waals surface area contributed by atoms with Crippen LogP contribution in [-0.2, 0) is 4.79 Å². The Morgan fingerprint density at radius 2 is 2.00 bits per heavy atom. The van der Waals surface area contributed by atoms with Gasteiger partial charge in [-0.1, -0.05) is 27.5 Å². The van der Waals surface area contributed by atoms with E-state index in [9.17, 15) is 9.90 Å². The van der Waals surface area contributed by atoms with Gasteiger partial charge in [-0.15, -0.1) is 0 Å². The summed E-state index contributed by atoms with van der Waals surface area (Å²) in [6.45, 7) is 0. The van der Waals surface area contributed by atoms with Crippen molar-refractivity contribution in [2.24, 2.45) is 4.99 Å². The number of hydrogen-bond donors (Lipinski definition) is 1. The van der Waals surface area contributed by atoms with Crippen molar-refractivity contribution < 1.29 is 14.6 Å². The van der Waals surface area contributed by atoms with Gasteiger partial charge in [-0.3, -0.25) is 9.69 Å². The number of ether oxygens (including phenoxy) is 1. The zero-order valence-corrected chi connectivity index (χ0v) is 17.0. The van der Waals surface area contributed by atoms with Crippen molar-refractivity contribution in [1.29, 1.82) is 0 Å². The number of rotatable bonds is 3. The fourth-order valence-electron chi connectivity index (χ4n) is 2.26. The summed E-state index contributed by atoms with van der Waals surface area (Å²) >= 11 is 10.5. The number of phenolic OH excluding ortho intramolecular Hbond substituents is 1. The number of aromatic hydroxyl groups is 1. The summed E-state index contributed by atoms with van der Waals surface area (Å²) in [5.74, 6) is 0.469. The number of hydrogen-bond acceptors (Lipinski definition) is 5. The minimum atomic E-state index is -0.197. The summed E-state index contributed by atoms with van der Waals surface area (Å²) in [7, 11) is 3.26. The maximum absolute atomic E-state index is 12.5. The summed E-state index contributed by atoms with van der Waals surface area (Å²) in [4.78, 5) is 18.9. The highest BCUT2D eigenvalue weighted by atomic mass is 79.9. The van der Waals surface area contributed by atoms with E-state index >= 15 is 0 Å². The predicted molar refractivity (Wildman–Crippen MR) is 109 cm³/mol. The van der Waals surface area contributed by atoms with Gasteiger partial charge in [-0.25, -0.2) is 4.99 Å². The third-order valence-electron chi connectivity index (χ3n) is 3.65. The van der Waals surface area contributed by atoms with Crippen LogP contribution < -0.4 is 4.74 Å². The molecule has 0 unspecified atom stereocenters. The molecule has 3 rings (SSSR count). The Hall–Kier alpha value is -1.96. The monoisotopic (exact) mass is 452 g/mol. The van der Waals surface area contributed by atoms with Gasteiger partial charge in [-0.05, 0) is 54.2 Å². The van der Waals surface area contributed by atoms with Gasteiger partial charge in [0.25, 0.3) is 5.91 Å². The molecule has 0 bridgehead atoms. The van der Waals surface area contributed by atoms with Gasteiger partial charge < -0.3 is 9.84 Å². The van der Waals surface area contributed by atoms with E-state index in [2.05, 4.69) is 20.9 Å². The van der Waals surface area contributed by atoms with Crippen molar-refractivity contribution >= 4 is 62.1 Å². The van der Waals surface area contributed by atoms with Crippen molar-refractivity contribution in [3.05, 3.63) is 56.4 Å². The van der Waals surface area contributed by atoms with Crippen LogP contribution in [0.25, 0.3) is 6.08 Å². The number of nitrogens with zero attached hydrogens (tertiary/aromatic N) is 2. The van der Waals surface area contributed by atoms with E-state index in [0.717, 1.165) is 5.75 Å². The Bertz CT molecular complexity index is 929. The lowest BCUT2D eigenvalue weighted by atomic mass is 10.2. The zero-order chi connectivity index (χ0) is 18.8. The highest BCUT2D eigenvalue weighted by molar-refractivity contribution is 9.10. The second kappa shape index (κ2) is 7.73. The van der Waals surface area contributed by atoms with E-state index in [4.69, 9.17) is 16.3 Å². The first-order valence-corrected chi connectivity index (χ1v) is 9.46. The van der Waals surface area contributed by atoms with Gasteiger partial charge in [0.05, 0.1) is 22.7 Å². The molecule has 5 nitrogen and oxygen atoms in total. The summed E-state index contributed by atoms with van der Waals surface area (Å²) in [6.07, 6.45) is 1.60. The molecule has 0 aliphatic carbocycles. The van der Waals surface area contributed by atoms with Gasteiger partial charge in [0.15, 0.2) is 5.17 Å². The van der Waals surface area contributed by atoms with Crippen LogP contribution in [-0.4, -0.2) is 35.2 Å². The largest absolute Gasteiger partial charge is 0.506 e. The molecule has 1 amide bonds. The number of carbonyl (C=O) groups is 1. The summed E-state index contributed by atoms with van der Waals surface area (Å²) in [5.41, 5.74) is 1.17. The van der Waals surface area contributed by atoms with Crippen LogP contribution >= 0.6 is 39.3 Å². The molecule has 8 heteroatoms. The fourth-order valence-corrected chi connectivity index (χ4v) is 4.07. The second-order valence-corrected chi connectivity index (χ2v) is 7.72. The van der Waals surface area contributed by atoms with Crippen molar-refractivity contribution in [3.63, 3.8) is 0 Å². The van der Waals surface area contributed by atoms with E-state index < -0.39 is 0 Å². The molecule has 0 spiro atoms. The van der Waals surface area contributed by atoms with Crippen molar-refractivity contribution in [1.82, 2.24) is 4.90 Å². The van der Waals surface area contributed by atoms with Gasteiger partial charge in [0.1, 0.15) is 11.5 Å². The normalized spacial score (nSPS) is 17.4. The van der Waals surface area contributed by atoms with Gasteiger partial charge in [0, 0.05) is 17.1 Å². The minimum Gasteiger partial charge on any atom is -0.506 e. The van der Waals surface area contributed by atoms with Crippen LogP contribution in [0.3, 0.4) is 0 Å².